The van der Waals surface area contributed by atoms with Gasteiger partial charge in [-0.25, -0.2) is 13.1 Å². The topological polar surface area (TPSA) is 75.5 Å². The van der Waals surface area contributed by atoms with Crippen LogP contribution in [-0.4, -0.2) is 48.7 Å². The zero-order valence-electron chi connectivity index (χ0n) is 14.9. The molecular weight excluding hydrogens is 364 g/mol. The van der Waals surface area contributed by atoms with Crippen LogP contribution in [0.1, 0.15) is 0 Å². The molecule has 0 unspecified atom stereocenters. The minimum Gasteiger partial charge on any atom is -0.367 e. The van der Waals surface area contributed by atoms with Crippen LogP contribution >= 0.6 is 0 Å². The van der Waals surface area contributed by atoms with Crippen LogP contribution in [0.15, 0.2) is 64.4 Å². The number of nitrogens with zero attached hydrogens (tertiary/aromatic N) is 4. The molecule has 1 aromatic heterocycles. The van der Waals surface area contributed by atoms with Crippen molar-refractivity contribution in [1.82, 2.24) is 14.1 Å². The van der Waals surface area contributed by atoms with Gasteiger partial charge in [-0.3, -0.25) is 4.79 Å². The molecule has 1 aliphatic heterocycles. The summed E-state index contributed by atoms with van der Waals surface area (Å²) in [5.74, 6) is 0. The maximum atomic E-state index is 13.0. The molecule has 4 rings (SSSR count). The number of benzene rings is 2. The monoisotopic (exact) mass is 384 g/mol. The summed E-state index contributed by atoms with van der Waals surface area (Å²) in [4.78, 5) is 14.1. The Morgan fingerprint density at radius 1 is 0.926 bits per heavy atom. The van der Waals surface area contributed by atoms with Crippen LogP contribution in [0.4, 0.5) is 5.69 Å². The van der Waals surface area contributed by atoms with E-state index in [4.69, 9.17) is 0 Å². The molecule has 140 valence electrons. The van der Waals surface area contributed by atoms with E-state index < -0.39 is 10.0 Å². The first-order chi connectivity index (χ1) is 12.9. The molecule has 0 aliphatic carbocycles. The van der Waals surface area contributed by atoms with Crippen molar-refractivity contribution in [2.24, 2.45) is 7.05 Å². The molecule has 0 spiro atoms. The maximum Gasteiger partial charge on any atom is 0.268 e. The van der Waals surface area contributed by atoms with E-state index in [1.165, 1.54) is 15.1 Å². The largest absolute Gasteiger partial charge is 0.367 e. The SMILES string of the molecule is Cn1ncc(N2CCN(S(=O)(=O)c3ccc4ccccc4c3)CC2)cc1=O. The molecule has 1 aliphatic rings. The van der Waals surface area contributed by atoms with Gasteiger partial charge in [-0.1, -0.05) is 30.3 Å². The molecule has 3 aromatic rings. The molecule has 0 bridgehead atoms. The van der Waals surface area contributed by atoms with Gasteiger partial charge in [0, 0.05) is 39.3 Å². The first-order valence-electron chi connectivity index (χ1n) is 8.72. The van der Waals surface area contributed by atoms with Crippen molar-refractivity contribution in [3.05, 3.63) is 65.1 Å². The average molecular weight is 384 g/mol. The fourth-order valence-corrected chi connectivity index (χ4v) is 4.75. The van der Waals surface area contributed by atoms with E-state index in [0.29, 0.717) is 31.1 Å². The molecular formula is C19H20N4O3S. The van der Waals surface area contributed by atoms with Crippen molar-refractivity contribution in [2.45, 2.75) is 4.90 Å². The Bertz CT molecular complexity index is 1150. The van der Waals surface area contributed by atoms with Crippen LogP contribution in [0, 0.1) is 0 Å². The van der Waals surface area contributed by atoms with Gasteiger partial charge in [-0.2, -0.15) is 9.40 Å². The van der Waals surface area contributed by atoms with Crippen LogP contribution in [0.3, 0.4) is 0 Å². The summed E-state index contributed by atoms with van der Waals surface area (Å²) in [5, 5.41) is 5.95. The Morgan fingerprint density at radius 3 is 2.33 bits per heavy atom. The molecule has 0 amide bonds. The minimum atomic E-state index is -3.55. The predicted octanol–water partition coefficient (Wildman–Crippen LogP) is 1.44. The summed E-state index contributed by atoms with van der Waals surface area (Å²) >= 11 is 0. The van der Waals surface area contributed by atoms with Gasteiger partial charge < -0.3 is 4.90 Å². The zero-order chi connectivity index (χ0) is 19.0. The second kappa shape index (κ2) is 6.79. The number of aromatic nitrogens is 2. The molecule has 8 heteroatoms. The van der Waals surface area contributed by atoms with Crippen LogP contribution in [-0.2, 0) is 17.1 Å². The summed E-state index contributed by atoms with van der Waals surface area (Å²) in [6.45, 7) is 1.76. The third kappa shape index (κ3) is 3.33. The molecule has 2 heterocycles. The van der Waals surface area contributed by atoms with Crippen LogP contribution in [0.2, 0.25) is 0 Å². The van der Waals surface area contributed by atoms with E-state index in [1.54, 1.807) is 25.4 Å². The standard InChI is InChI=1S/C19H20N4O3S/c1-21-19(24)13-17(14-20-21)22-8-10-23(11-9-22)27(25,26)18-7-6-15-4-2-3-5-16(15)12-18/h2-7,12-14H,8-11H2,1H3. The van der Waals surface area contributed by atoms with Crippen LogP contribution in [0.5, 0.6) is 0 Å². The Hall–Kier alpha value is -2.71. The van der Waals surface area contributed by atoms with Gasteiger partial charge in [0.2, 0.25) is 10.0 Å². The van der Waals surface area contributed by atoms with Gasteiger partial charge in [-0.15, -0.1) is 0 Å². The Morgan fingerprint density at radius 2 is 1.63 bits per heavy atom. The van der Waals surface area contributed by atoms with Gasteiger partial charge in [0.25, 0.3) is 5.56 Å². The fourth-order valence-electron chi connectivity index (χ4n) is 3.30. The van der Waals surface area contributed by atoms with E-state index in [9.17, 15) is 13.2 Å². The molecule has 2 aromatic carbocycles. The van der Waals surface area contributed by atoms with Gasteiger partial charge in [-0.05, 0) is 22.9 Å². The number of anilines is 1. The molecule has 27 heavy (non-hydrogen) atoms. The van der Waals surface area contributed by atoms with Gasteiger partial charge in [0.1, 0.15) is 0 Å². The first-order valence-corrected chi connectivity index (χ1v) is 10.2. The summed E-state index contributed by atoms with van der Waals surface area (Å²) in [6.07, 6.45) is 1.63. The highest BCUT2D eigenvalue weighted by atomic mass is 32.2. The quantitative estimate of drug-likeness (QED) is 0.683. The minimum absolute atomic E-state index is 0.182. The number of rotatable bonds is 3. The van der Waals surface area contributed by atoms with Gasteiger partial charge in [0.15, 0.2) is 0 Å². The highest BCUT2D eigenvalue weighted by Gasteiger charge is 2.29. The van der Waals surface area contributed by atoms with Crippen molar-refractivity contribution in [3.63, 3.8) is 0 Å². The molecule has 0 radical (unpaired) electrons. The second-order valence-corrected chi connectivity index (χ2v) is 8.51. The van der Waals surface area contributed by atoms with Crippen LogP contribution in [0.25, 0.3) is 10.8 Å². The van der Waals surface area contributed by atoms with Gasteiger partial charge >= 0.3 is 0 Å². The number of fused-ring (bicyclic) bond motifs is 1. The normalized spacial score (nSPS) is 16.0. The lowest BCUT2D eigenvalue weighted by Gasteiger charge is -2.35. The second-order valence-electron chi connectivity index (χ2n) is 6.58. The number of aryl methyl sites for hydroxylation is 1. The average Bonchev–Trinajstić information content (AvgIpc) is 2.70. The fraction of sp³-hybridized carbons (Fsp3) is 0.263. The number of hydrogen-bond donors (Lipinski definition) is 0. The third-order valence-electron chi connectivity index (χ3n) is 4.92. The molecule has 0 saturated carbocycles. The summed E-state index contributed by atoms with van der Waals surface area (Å²) < 4.78 is 28.8. The Kier molecular flexibility index (Phi) is 4.45. The number of piperazine rings is 1. The Labute approximate surface area is 157 Å². The van der Waals surface area contributed by atoms with Gasteiger partial charge in [0.05, 0.1) is 16.8 Å². The highest BCUT2D eigenvalue weighted by molar-refractivity contribution is 7.89. The zero-order valence-corrected chi connectivity index (χ0v) is 15.8. The predicted molar refractivity (Wildman–Crippen MR) is 104 cm³/mol. The van der Waals surface area contributed by atoms with Crippen molar-refractivity contribution >= 4 is 26.5 Å². The highest BCUT2D eigenvalue weighted by Crippen LogP contribution is 2.23. The molecule has 7 nitrogen and oxygen atoms in total. The third-order valence-corrected chi connectivity index (χ3v) is 6.81. The van der Waals surface area contributed by atoms with E-state index in [2.05, 4.69) is 5.10 Å². The van der Waals surface area contributed by atoms with E-state index in [-0.39, 0.29) is 5.56 Å². The lowest BCUT2D eigenvalue weighted by atomic mass is 10.1. The van der Waals surface area contributed by atoms with Crippen molar-refractivity contribution < 1.29 is 8.42 Å². The summed E-state index contributed by atoms with van der Waals surface area (Å²) in [5.41, 5.74) is 0.541. The van der Waals surface area contributed by atoms with E-state index in [0.717, 1.165) is 16.5 Å². The van der Waals surface area contributed by atoms with Crippen molar-refractivity contribution in [3.8, 4) is 0 Å². The molecule has 0 N–H and O–H groups in total. The maximum absolute atomic E-state index is 13.0. The lowest BCUT2D eigenvalue weighted by Crippen LogP contribution is -2.49. The van der Waals surface area contributed by atoms with Crippen molar-refractivity contribution in [2.75, 3.05) is 31.1 Å². The van der Waals surface area contributed by atoms with E-state index in [1.807, 2.05) is 35.2 Å². The smallest absolute Gasteiger partial charge is 0.268 e. The summed E-state index contributed by atoms with van der Waals surface area (Å²) in [7, 11) is -1.95. The van der Waals surface area contributed by atoms with E-state index >= 15 is 0 Å². The molecule has 0 atom stereocenters. The van der Waals surface area contributed by atoms with Crippen LogP contribution < -0.4 is 10.5 Å². The Balaban J connectivity index is 1.53. The molecule has 1 fully saturated rings. The lowest BCUT2D eigenvalue weighted by molar-refractivity contribution is 0.384. The number of sulfonamides is 1. The van der Waals surface area contributed by atoms with Crippen molar-refractivity contribution in [1.29, 1.82) is 0 Å². The summed E-state index contributed by atoms with van der Waals surface area (Å²) in [6, 6.07) is 14.5. The molecule has 1 saturated heterocycles. The number of hydrogen-bond acceptors (Lipinski definition) is 5. The first kappa shape index (κ1) is 17.7.